The minimum atomic E-state index is -0.937. The molecule has 0 radical (unpaired) electrons. The third kappa shape index (κ3) is 4.77. The Bertz CT molecular complexity index is 1060. The van der Waals surface area contributed by atoms with Crippen LogP contribution in [-0.2, 0) is 22.6 Å². The highest BCUT2D eigenvalue weighted by molar-refractivity contribution is 5.85. The van der Waals surface area contributed by atoms with Gasteiger partial charge in [-0.15, -0.1) is 0 Å². The lowest BCUT2D eigenvalue weighted by Crippen LogP contribution is -2.41. The summed E-state index contributed by atoms with van der Waals surface area (Å²) in [6, 6.07) is 16.2. The van der Waals surface area contributed by atoms with E-state index in [2.05, 4.69) is 4.98 Å². The van der Waals surface area contributed by atoms with Crippen LogP contribution >= 0.6 is 0 Å². The fourth-order valence-electron chi connectivity index (χ4n) is 3.72. The number of rotatable bonds is 7. The maximum Gasteiger partial charge on any atom is 0.326 e. The molecule has 0 saturated carbocycles. The van der Waals surface area contributed by atoms with E-state index in [9.17, 15) is 14.7 Å². The molecule has 160 valence electrons. The molecule has 1 aliphatic rings. The monoisotopic (exact) mass is 420 g/mol. The van der Waals surface area contributed by atoms with E-state index in [0.717, 1.165) is 23.2 Å². The summed E-state index contributed by atoms with van der Waals surface area (Å²) >= 11 is 0. The Balaban J connectivity index is 1.35. The van der Waals surface area contributed by atoms with Gasteiger partial charge in [0.25, 0.3) is 0 Å². The Morgan fingerprint density at radius 1 is 1.16 bits per heavy atom. The average molecular weight is 420 g/mol. The maximum absolute atomic E-state index is 12.5. The van der Waals surface area contributed by atoms with Crippen molar-refractivity contribution in [1.29, 1.82) is 0 Å². The lowest BCUT2D eigenvalue weighted by atomic mass is 10.1. The van der Waals surface area contributed by atoms with Gasteiger partial charge in [0, 0.05) is 12.1 Å². The van der Waals surface area contributed by atoms with Gasteiger partial charge in [0.05, 0.1) is 6.42 Å². The number of nitrogens with zero attached hydrogens (tertiary/aromatic N) is 2. The Morgan fingerprint density at radius 3 is 2.61 bits per heavy atom. The minimum absolute atomic E-state index is 0.162. The van der Waals surface area contributed by atoms with E-state index >= 15 is 0 Å². The zero-order valence-electron chi connectivity index (χ0n) is 17.3. The number of likely N-dealkylation sites (tertiary alicyclic amines) is 1. The summed E-state index contributed by atoms with van der Waals surface area (Å²) in [7, 11) is 0. The number of amides is 1. The van der Waals surface area contributed by atoms with Gasteiger partial charge in [-0.05, 0) is 49.6 Å². The van der Waals surface area contributed by atoms with Crippen LogP contribution in [0.1, 0.15) is 29.9 Å². The molecule has 4 rings (SSSR count). The molecular weight excluding hydrogens is 396 g/mol. The third-order valence-corrected chi connectivity index (χ3v) is 5.43. The molecule has 1 amide bonds. The van der Waals surface area contributed by atoms with Gasteiger partial charge in [0.2, 0.25) is 11.8 Å². The van der Waals surface area contributed by atoms with E-state index in [0.29, 0.717) is 30.4 Å². The van der Waals surface area contributed by atoms with Crippen LogP contribution in [0.25, 0.3) is 11.5 Å². The van der Waals surface area contributed by atoms with Gasteiger partial charge >= 0.3 is 5.97 Å². The number of oxazole rings is 1. The fourth-order valence-corrected chi connectivity index (χ4v) is 3.72. The first-order chi connectivity index (χ1) is 15.0. The topological polar surface area (TPSA) is 92.9 Å². The molecule has 1 aliphatic heterocycles. The molecule has 2 heterocycles. The molecule has 1 saturated heterocycles. The minimum Gasteiger partial charge on any atom is -0.487 e. The van der Waals surface area contributed by atoms with E-state index in [1.807, 2.05) is 49.4 Å². The number of carboxylic acid groups (broad SMARTS) is 1. The molecule has 1 aromatic heterocycles. The Hall–Kier alpha value is -3.61. The van der Waals surface area contributed by atoms with Crippen molar-refractivity contribution in [3.05, 3.63) is 71.6 Å². The van der Waals surface area contributed by atoms with Crippen LogP contribution in [-0.4, -0.2) is 39.5 Å². The molecule has 1 N–H and O–H groups in total. The van der Waals surface area contributed by atoms with Crippen molar-refractivity contribution in [3.8, 4) is 17.2 Å². The van der Waals surface area contributed by atoms with Crippen molar-refractivity contribution in [2.75, 3.05) is 6.54 Å². The van der Waals surface area contributed by atoms with Crippen LogP contribution in [0.3, 0.4) is 0 Å². The van der Waals surface area contributed by atoms with Crippen LogP contribution < -0.4 is 4.74 Å². The Labute approximate surface area is 180 Å². The molecule has 7 nitrogen and oxygen atoms in total. The van der Waals surface area contributed by atoms with Crippen molar-refractivity contribution < 1.29 is 23.8 Å². The van der Waals surface area contributed by atoms with Gasteiger partial charge in [-0.3, -0.25) is 4.79 Å². The summed E-state index contributed by atoms with van der Waals surface area (Å²) in [5.74, 6) is 0.828. The van der Waals surface area contributed by atoms with Crippen molar-refractivity contribution in [2.45, 2.75) is 38.8 Å². The highest BCUT2D eigenvalue weighted by Gasteiger charge is 2.33. The standard InChI is InChI=1S/C24H24N2O5/c1-16-20(25-23(31-16)18-6-3-2-4-7-18)15-30-19-11-9-17(10-12-19)14-22(27)26-13-5-8-21(26)24(28)29/h2-4,6-7,9-12,21H,5,8,13-15H2,1H3,(H,28,29)/t21-/m1/s1. The van der Waals surface area contributed by atoms with E-state index in [4.69, 9.17) is 9.15 Å². The number of aromatic nitrogens is 1. The number of hydrogen-bond acceptors (Lipinski definition) is 5. The maximum atomic E-state index is 12.5. The van der Waals surface area contributed by atoms with Gasteiger partial charge < -0.3 is 19.2 Å². The molecular formula is C24H24N2O5. The van der Waals surface area contributed by atoms with E-state index in [-0.39, 0.29) is 18.9 Å². The number of aliphatic carboxylic acids is 1. The number of carboxylic acids is 1. The highest BCUT2D eigenvalue weighted by atomic mass is 16.5. The molecule has 1 atom stereocenters. The quantitative estimate of drug-likeness (QED) is 0.624. The second kappa shape index (κ2) is 9.04. The highest BCUT2D eigenvalue weighted by Crippen LogP contribution is 2.23. The summed E-state index contributed by atoms with van der Waals surface area (Å²) in [5, 5.41) is 9.25. The molecule has 1 fully saturated rings. The second-order valence-corrected chi connectivity index (χ2v) is 7.58. The molecule has 0 unspecified atom stereocenters. The Morgan fingerprint density at radius 2 is 1.90 bits per heavy atom. The number of hydrogen-bond donors (Lipinski definition) is 1. The lowest BCUT2D eigenvalue weighted by Gasteiger charge is -2.21. The molecule has 2 aromatic carbocycles. The first-order valence-corrected chi connectivity index (χ1v) is 10.3. The molecule has 0 bridgehead atoms. The predicted octanol–water partition coefficient (Wildman–Crippen LogP) is 3.85. The molecule has 7 heteroatoms. The summed E-state index contributed by atoms with van der Waals surface area (Å²) < 4.78 is 11.6. The van der Waals surface area contributed by atoms with Crippen LogP contribution in [0.15, 0.2) is 59.0 Å². The zero-order valence-corrected chi connectivity index (χ0v) is 17.3. The fraction of sp³-hybridized carbons (Fsp3) is 0.292. The summed E-state index contributed by atoms with van der Waals surface area (Å²) in [6.45, 7) is 2.63. The smallest absolute Gasteiger partial charge is 0.326 e. The predicted molar refractivity (Wildman–Crippen MR) is 114 cm³/mol. The van der Waals surface area contributed by atoms with Crippen LogP contribution in [0.5, 0.6) is 5.75 Å². The van der Waals surface area contributed by atoms with Crippen LogP contribution in [0.2, 0.25) is 0 Å². The first-order valence-electron chi connectivity index (χ1n) is 10.3. The van der Waals surface area contributed by atoms with Gasteiger partial charge in [0.15, 0.2) is 0 Å². The van der Waals surface area contributed by atoms with Crippen molar-refractivity contribution in [3.63, 3.8) is 0 Å². The normalized spacial score (nSPS) is 15.8. The van der Waals surface area contributed by atoms with Gasteiger partial charge in [-0.1, -0.05) is 30.3 Å². The van der Waals surface area contributed by atoms with Crippen molar-refractivity contribution in [1.82, 2.24) is 9.88 Å². The molecule has 0 aliphatic carbocycles. The zero-order chi connectivity index (χ0) is 21.8. The third-order valence-electron chi connectivity index (χ3n) is 5.43. The molecule has 3 aromatic rings. The van der Waals surface area contributed by atoms with Gasteiger partial charge in [-0.2, -0.15) is 0 Å². The summed E-state index contributed by atoms with van der Waals surface area (Å²) in [4.78, 5) is 29.8. The van der Waals surface area contributed by atoms with Gasteiger partial charge in [-0.25, -0.2) is 9.78 Å². The lowest BCUT2D eigenvalue weighted by molar-refractivity contribution is -0.148. The van der Waals surface area contributed by atoms with Crippen LogP contribution in [0.4, 0.5) is 0 Å². The second-order valence-electron chi connectivity index (χ2n) is 7.58. The van der Waals surface area contributed by atoms with E-state index in [1.54, 1.807) is 12.1 Å². The average Bonchev–Trinajstić information content (AvgIpc) is 3.41. The Kier molecular flexibility index (Phi) is 6.02. The summed E-state index contributed by atoms with van der Waals surface area (Å²) in [5.41, 5.74) is 2.46. The van der Waals surface area contributed by atoms with Crippen molar-refractivity contribution >= 4 is 11.9 Å². The molecule has 31 heavy (non-hydrogen) atoms. The SMILES string of the molecule is Cc1oc(-c2ccccc2)nc1COc1ccc(CC(=O)N2CCC[C@@H]2C(=O)O)cc1. The van der Waals surface area contributed by atoms with E-state index in [1.165, 1.54) is 4.90 Å². The van der Waals surface area contributed by atoms with E-state index < -0.39 is 12.0 Å². The summed E-state index contributed by atoms with van der Waals surface area (Å²) in [6.07, 6.45) is 1.41. The number of carbonyl (C=O) groups excluding carboxylic acids is 1. The molecule has 0 spiro atoms. The number of benzene rings is 2. The van der Waals surface area contributed by atoms with Crippen molar-refractivity contribution in [2.24, 2.45) is 0 Å². The van der Waals surface area contributed by atoms with Gasteiger partial charge in [0.1, 0.15) is 29.9 Å². The number of aryl methyl sites for hydroxylation is 1. The number of carbonyl (C=O) groups is 2. The first kappa shape index (κ1) is 20.7. The number of ether oxygens (including phenoxy) is 1. The largest absolute Gasteiger partial charge is 0.487 e. The van der Waals surface area contributed by atoms with Crippen LogP contribution in [0, 0.1) is 6.92 Å².